The van der Waals surface area contributed by atoms with Crippen LogP contribution in [0.2, 0.25) is 0 Å². The van der Waals surface area contributed by atoms with E-state index in [4.69, 9.17) is 9.15 Å². The summed E-state index contributed by atoms with van der Waals surface area (Å²) >= 11 is 0. The van der Waals surface area contributed by atoms with E-state index < -0.39 is 5.97 Å². The maximum absolute atomic E-state index is 12.5. The zero-order valence-electron chi connectivity index (χ0n) is 15.4. The second kappa shape index (κ2) is 6.97. The molecule has 1 aliphatic rings. The topological polar surface area (TPSA) is 100 Å². The maximum atomic E-state index is 12.5. The van der Waals surface area contributed by atoms with E-state index in [9.17, 15) is 9.59 Å². The van der Waals surface area contributed by atoms with Crippen molar-refractivity contribution in [3.63, 3.8) is 0 Å². The molecule has 2 aromatic carbocycles. The molecule has 2 aromatic heterocycles. The van der Waals surface area contributed by atoms with Gasteiger partial charge >= 0.3 is 5.97 Å². The quantitative estimate of drug-likeness (QED) is 0.496. The lowest BCUT2D eigenvalue weighted by Gasteiger charge is -2.06. The van der Waals surface area contributed by atoms with Crippen molar-refractivity contribution in [2.75, 3.05) is 0 Å². The van der Waals surface area contributed by atoms with Crippen molar-refractivity contribution in [2.24, 2.45) is 0 Å². The number of aromatic nitrogens is 4. The van der Waals surface area contributed by atoms with Gasteiger partial charge in [-0.25, -0.2) is 9.78 Å². The number of hydrogen-bond acceptors (Lipinski definition) is 7. The van der Waals surface area contributed by atoms with Gasteiger partial charge in [0.05, 0.1) is 16.5 Å². The SMILES string of the molecule is O=C(OCc1nnc(-c2ccccc2)o1)c1ccc2c(=O)n3c(nc2c1)CCC3. The third-order valence-electron chi connectivity index (χ3n) is 4.87. The molecule has 8 nitrogen and oxygen atoms in total. The monoisotopic (exact) mass is 388 g/mol. The molecule has 0 N–H and O–H groups in total. The molecule has 0 unspecified atom stereocenters. The van der Waals surface area contributed by atoms with Crippen LogP contribution in [-0.4, -0.2) is 25.7 Å². The van der Waals surface area contributed by atoms with Crippen molar-refractivity contribution in [1.82, 2.24) is 19.7 Å². The van der Waals surface area contributed by atoms with Crippen LogP contribution in [0.1, 0.15) is 28.5 Å². The number of carbonyl (C=O) groups is 1. The standard InChI is InChI=1S/C21H16N4O4/c26-20-15-9-8-14(11-16(15)22-17-7-4-10-25(17)20)21(27)28-12-18-23-24-19(29-18)13-5-2-1-3-6-13/h1-3,5-6,8-9,11H,4,7,10,12H2. The number of hydrogen-bond donors (Lipinski definition) is 0. The van der Waals surface area contributed by atoms with Gasteiger partial charge in [0.15, 0.2) is 6.61 Å². The van der Waals surface area contributed by atoms with Crippen LogP contribution in [0.4, 0.5) is 0 Å². The van der Waals surface area contributed by atoms with Gasteiger partial charge in [0, 0.05) is 18.5 Å². The first-order valence-corrected chi connectivity index (χ1v) is 9.27. The van der Waals surface area contributed by atoms with Crippen LogP contribution in [0, 0.1) is 0 Å². The zero-order chi connectivity index (χ0) is 19.8. The first-order chi connectivity index (χ1) is 14.2. The molecule has 1 aliphatic heterocycles. The fourth-order valence-corrected chi connectivity index (χ4v) is 3.43. The van der Waals surface area contributed by atoms with E-state index in [0.29, 0.717) is 28.9 Å². The molecular weight excluding hydrogens is 372 g/mol. The van der Waals surface area contributed by atoms with Crippen LogP contribution in [0.3, 0.4) is 0 Å². The molecule has 0 fully saturated rings. The van der Waals surface area contributed by atoms with Crippen LogP contribution in [0.25, 0.3) is 22.4 Å². The number of ether oxygens (including phenoxy) is 1. The normalized spacial score (nSPS) is 12.8. The Morgan fingerprint density at radius 3 is 2.86 bits per heavy atom. The average molecular weight is 388 g/mol. The zero-order valence-corrected chi connectivity index (χ0v) is 15.4. The summed E-state index contributed by atoms with van der Waals surface area (Å²) in [5.41, 5.74) is 1.54. The summed E-state index contributed by atoms with van der Waals surface area (Å²) in [6.45, 7) is 0.549. The fourth-order valence-electron chi connectivity index (χ4n) is 3.43. The highest BCUT2D eigenvalue weighted by Gasteiger charge is 2.18. The molecule has 0 bridgehead atoms. The molecule has 0 saturated heterocycles. The summed E-state index contributed by atoms with van der Waals surface area (Å²) in [5.74, 6) is 0.772. The van der Waals surface area contributed by atoms with Crippen LogP contribution in [0.15, 0.2) is 57.7 Å². The minimum absolute atomic E-state index is 0.0679. The number of benzene rings is 2. The maximum Gasteiger partial charge on any atom is 0.338 e. The van der Waals surface area contributed by atoms with Gasteiger partial charge in [0.1, 0.15) is 5.82 Å². The summed E-state index contributed by atoms with van der Waals surface area (Å²) in [5, 5.41) is 8.37. The molecule has 0 saturated carbocycles. The molecule has 8 heteroatoms. The van der Waals surface area contributed by atoms with Crippen LogP contribution in [-0.2, 0) is 24.3 Å². The first kappa shape index (κ1) is 17.3. The predicted molar refractivity (Wildman–Crippen MR) is 103 cm³/mol. The van der Waals surface area contributed by atoms with E-state index in [2.05, 4.69) is 15.2 Å². The Morgan fingerprint density at radius 1 is 1.14 bits per heavy atom. The van der Waals surface area contributed by atoms with Gasteiger partial charge in [-0.15, -0.1) is 10.2 Å². The molecule has 4 aromatic rings. The molecule has 0 spiro atoms. The third-order valence-corrected chi connectivity index (χ3v) is 4.87. The summed E-state index contributed by atoms with van der Waals surface area (Å²) in [6.07, 6.45) is 1.67. The lowest BCUT2D eigenvalue weighted by Crippen LogP contribution is -2.21. The van der Waals surface area contributed by atoms with Gasteiger partial charge < -0.3 is 9.15 Å². The van der Waals surface area contributed by atoms with E-state index >= 15 is 0 Å². The predicted octanol–water partition coefficient (Wildman–Crippen LogP) is 2.75. The first-order valence-electron chi connectivity index (χ1n) is 9.27. The minimum atomic E-state index is -0.547. The summed E-state index contributed by atoms with van der Waals surface area (Å²) in [6, 6.07) is 14.1. The molecular formula is C21H16N4O4. The molecule has 3 heterocycles. The van der Waals surface area contributed by atoms with Crippen LogP contribution >= 0.6 is 0 Å². The van der Waals surface area contributed by atoms with Crippen molar-refractivity contribution in [1.29, 1.82) is 0 Å². The Morgan fingerprint density at radius 2 is 2.00 bits per heavy atom. The molecule has 0 aliphatic carbocycles. The number of fused-ring (bicyclic) bond motifs is 2. The Bertz CT molecular complexity index is 1280. The highest BCUT2D eigenvalue weighted by Crippen LogP contribution is 2.19. The minimum Gasteiger partial charge on any atom is -0.452 e. The van der Waals surface area contributed by atoms with Gasteiger partial charge in [0.2, 0.25) is 5.89 Å². The highest BCUT2D eigenvalue weighted by atomic mass is 16.5. The summed E-state index contributed by atoms with van der Waals surface area (Å²) < 4.78 is 12.5. The van der Waals surface area contributed by atoms with Gasteiger partial charge in [-0.2, -0.15) is 0 Å². The number of rotatable bonds is 4. The largest absolute Gasteiger partial charge is 0.452 e. The van der Waals surface area contributed by atoms with Gasteiger partial charge in [-0.3, -0.25) is 9.36 Å². The molecule has 5 rings (SSSR count). The highest BCUT2D eigenvalue weighted by molar-refractivity contribution is 5.94. The molecule has 29 heavy (non-hydrogen) atoms. The molecule has 0 atom stereocenters. The Balaban J connectivity index is 1.34. The van der Waals surface area contributed by atoms with E-state index in [1.807, 2.05) is 30.3 Å². The van der Waals surface area contributed by atoms with Crippen molar-refractivity contribution in [3.05, 3.63) is 76.2 Å². The Kier molecular flexibility index (Phi) is 4.16. The van der Waals surface area contributed by atoms with Gasteiger partial charge in [0.25, 0.3) is 11.4 Å². The lowest BCUT2D eigenvalue weighted by molar-refractivity contribution is 0.0439. The molecule has 144 valence electrons. The van der Waals surface area contributed by atoms with Crippen LogP contribution in [0.5, 0.6) is 0 Å². The smallest absolute Gasteiger partial charge is 0.338 e. The van der Waals surface area contributed by atoms with Crippen molar-refractivity contribution >= 4 is 16.9 Å². The third kappa shape index (κ3) is 3.18. The Hall–Kier alpha value is -3.81. The number of esters is 1. The van der Waals surface area contributed by atoms with Gasteiger partial charge in [-0.1, -0.05) is 18.2 Å². The van der Waals surface area contributed by atoms with Crippen LogP contribution < -0.4 is 5.56 Å². The van der Waals surface area contributed by atoms with E-state index in [0.717, 1.165) is 24.2 Å². The van der Waals surface area contributed by atoms with Gasteiger partial charge in [-0.05, 0) is 36.8 Å². The number of aryl methyl sites for hydroxylation is 1. The second-order valence-electron chi connectivity index (χ2n) is 6.76. The Labute approximate surface area is 164 Å². The van der Waals surface area contributed by atoms with Crippen molar-refractivity contribution in [3.8, 4) is 11.5 Å². The van der Waals surface area contributed by atoms with E-state index in [1.54, 1.807) is 22.8 Å². The summed E-state index contributed by atoms with van der Waals surface area (Å²) in [7, 11) is 0. The molecule has 0 amide bonds. The lowest BCUT2D eigenvalue weighted by atomic mass is 10.1. The van der Waals surface area contributed by atoms with E-state index in [-0.39, 0.29) is 18.1 Å². The number of nitrogens with zero attached hydrogens (tertiary/aromatic N) is 4. The fraction of sp³-hybridized carbons (Fsp3) is 0.190. The van der Waals surface area contributed by atoms with Crippen molar-refractivity contribution in [2.45, 2.75) is 26.0 Å². The average Bonchev–Trinajstić information content (AvgIpc) is 3.42. The number of carbonyl (C=O) groups excluding carboxylic acids is 1. The van der Waals surface area contributed by atoms with E-state index in [1.165, 1.54) is 0 Å². The second-order valence-corrected chi connectivity index (χ2v) is 6.76. The molecule has 0 radical (unpaired) electrons. The summed E-state index contributed by atoms with van der Waals surface area (Å²) in [4.78, 5) is 29.5. The van der Waals surface area contributed by atoms with Crippen molar-refractivity contribution < 1.29 is 13.9 Å².